The number of benzene rings is 1. The number of halogens is 1. The van der Waals surface area contributed by atoms with Crippen LogP contribution in [0.2, 0.25) is 0 Å². The highest BCUT2D eigenvalue weighted by molar-refractivity contribution is 7.99. The van der Waals surface area contributed by atoms with Crippen molar-refractivity contribution in [1.29, 1.82) is 0 Å². The predicted molar refractivity (Wildman–Crippen MR) is 75.0 cm³/mol. The molecule has 19 heavy (non-hydrogen) atoms. The molecule has 1 aliphatic heterocycles. The Hall–Kier alpha value is -1.27. The van der Waals surface area contributed by atoms with Crippen LogP contribution in [0.25, 0.3) is 0 Å². The van der Waals surface area contributed by atoms with Crippen LogP contribution in [0.5, 0.6) is 5.75 Å². The number of hydrogen-bond donors (Lipinski definition) is 2. The first-order chi connectivity index (χ1) is 9.06. The summed E-state index contributed by atoms with van der Waals surface area (Å²) in [5, 5.41) is 5.76. The maximum Gasteiger partial charge on any atom is 0.242 e. The van der Waals surface area contributed by atoms with E-state index in [1.165, 1.54) is 12.1 Å². The van der Waals surface area contributed by atoms with Gasteiger partial charge in [-0.3, -0.25) is 10.1 Å². The molecule has 0 bridgehead atoms. The van der Waals surface area contributed by atoms with E-state index in [0.29, 0.717) is 5.69 Å². The van der Waals surface area contributed by atoms with Crippen LogP contribution in [0, 0.1) is 5.82 Å². The molecule has 1 unspecified atom stereocenters. The quantitative estimate of drug-likeness (QED) is 0.890. The standard InChI is InChI=1S/C13H17FN2O2S/c1-8(2)18-12-4-3-9(5-10(12)14)16-13(17)11-6-19-7-15-11/h3-5,8,11,15H,6-7H2,1-2H3,(H,16,17). The molecule has 0 saturated carbocycles. The van der Waals surface area contributed by atoms with Crippen molar-refractivity contribution in [2.75, 3.05) is 16.9 Å². The Morgan fingerprint density at radius 2 is 2.37 bits per heavy atom. The van der Waals surface area contributed by atoms with Crippen molar-refractivity contribution in [2.24, 2.45) is 0 Å². The molecule has 6 heteroatoms. The molecule has 1 heterocycles. The van der Waals surface area contributed by atoms with Gasteiger partial charge >= 0.3 is 0 Å². The van der Waals surface area contributed by atoms with E-state index in [-0.39, 0.29) is 23.8 Å². The first-order valence-electron chi connectivity index (χ1n) is 6.14. The van der Waals surface area contributed by atoms with Gasteiger partial charge in [-0.2, -0.15) is 0 Å². The molecule has 1 aromatic carbocycles. The molecule has 0 aliphatic carbocycles. The zero-order chi connectivity index (χ0) is 13.8. The van der Waals surface area contributed by atoms with E-state index >= 15 is 0 Å². The molecule has 4 nitrogen and oxygen atoms in total. The summed E-state index contributed by atoms with van der Waals surface area (Å²) < 4.78 is 19.0. The average molecular weight is 284 g/mol. The fraction of sp³-hybridized carbons (Fsp3) is 0.462. The number of thioether (sulfide) groups is 1. The van der Waals surface area contributed by atoms with Gasteiger partial charge in [-0.25, -0.2) is 4.39 Å². The number of ether oxygens (including phenoxy) is 1. The summed E-state index contributed by atoms with van der Waals surface area (Å²) in [5.74, 6) is 1.10. The highest BCUT2D eigenvalue weighted by atomic mass is 32.2. The fourth-order valence-corrected chi connectivity index (χ4v) is 2.66. The lowest BCUT2D eigenvalue weighted by Crippen LogP contribution is -2.37. The maximum absolute atomic E-state index is 13.7. The van der Waals surface area contributed by atoms with Gasteiger partial charge in [0.15, 0.2) is 11.6 Å². The second kappa shape index (κ2) is 6.25. The normalized spacial score (nSPS) is 18.6. The number of anilines is 1. The topological polar surface area (TPSA) is 50.4 Å². The van der Waals surface area contributed by atoms with Crippen molar-refractivity contribution in [2.45, 2.75) is 26.0 Å². The first kappa shape index (κ1) is 14.1. The number of hydrogen-bond acceptors (Lipinski definition) is 4. The lowest BCUT2D eigenvalue weighted by atomic mass is 10.2. The van der Waals surface area contributed by atoms with Crippen LogP contribution in [0.3, 0.4) is 0 Å². The Bertz CT molecular complexity index is 462. The number of carbonyl (C=O) groups is 1. The lowest BCUT2D eigenvalue weighted by molar-refractivity contribution is -0.117. The Kier molecular flexibility index (Phi) is 4.66. The molecule has 1 atom stereocenters. The Balaban J connectivity index is 2.01. The van der Waals surface area contributed by atoms with Crippen LogP contribution in [-0.4, -0.2) is 29.7 Å². The first-order valence-corrected chi connectivity index (χ1v) is 7.30. The van der Waals surface area contributed by atoms with Gasteiger partial charge in [-0.15, -0.1) is 11.8 Å². The minimum Gasteiger partial charge on any atom is -0.488 e. The minimum absolute atomic E-state index is 0.0883. The number of amides is 1. The molecule has 1 saturated heterocycles. The summed E-state index contributed by atoms with van der Waals surface area (Å²) in [6.45, 7) is 3.66. The van der Waals surface area contributed by atoms with Gasteiger partial charge in [-0.05, 0) is 26.0 Å². The zero-order valence-electron chi connectivity index (χ0n) is 10.9. The van der Waals surface area contributed by atoms with Gasteiger partial charge in [-0.1, -0.05) is 0 Å². The van der Waals surface area contributed by atoms with E-state index in [2.05, 4.69) is 10.6 Å². The zero-order valence-corrected chi connectivity index (χ0v) is 11.7. The van der Waals surface area contributed by atoms with Crippen LogP contribution in [0.1, 0.15) is 13.8 Å². The predicted octanol–water partition coefficient (Wildman–Crippen LogP) is 2.21. The van der Waals surface area contributed by atoms with Crippen LogP contribution in [0.15, 0.2) is 18.2 Å². The van der Waals surface area contributed by atoms with E-state index in [9.17, 15) is 9.18 Å². The summed E-state index contributed by atoms with van der Waals surface area (Å²) >= 11 is 1.67. The molecular weight excluding hydrogens is 267 g/mol. The summed E-state index contributed by atoms with van der Waals surface area (Å²) in [4.78, 5) is 11.8. The molecule has 1 amide bonds. The number of nitrogens with one attached hydrogen (secondary N) is 2. The smallest absolute Gasteiger partial charge is 0.242 e. The van der Waals surface area contributed by atoms with Crippen molar-refractivity contribution in [1.82, 2.24) is 5.32 Å². The molecule has 104 valence electrons. The fourth-order valence-electron chi connectivity index (χ4n) is 1.72. The molecule has 1 aliphatic rings. The second-order valence-electron chi connectivity index (χ2n) is 4.57. The molecule has 0 radical (unpaired) electrons. The van der Waals surface area contributed by atoms with Gasteiger partial charge in [0.1, 0.15) is 0 Å². The molecule has 0 spiro atoms. The van der Waals surface area contributed by atoms with Crippen molar-refractivity contribution >= 4 is 23.4 Å². The second-order valence-corrected chi connectivity index (χ2v) is 5.60. The highest BCUT2D eigenvalue weighted by Crippen LogP contribution is 2.22. The maximum atomic E-state index is 13.7. The third-order valence-electron chi connectivity index (χ3n) is 2.59. The van der Waals surface area contributed by atoms with Crippen molar-refractivity contribution in [3.05, 3.63) is 24.0 Å². The van der Waals surface area contributed by atoms with E-state index in [4.69, 9.17) is 4.74 Å². The number of rotatable bonds is 4. The van der Waals surface area contributed by atoms with E-state index in [0.717, 1.165) is 11.6 Å². The van der Waals surface area contributed by atoms with Gasteiger partial charge in [0.2, 0.25) is 5.91 Å². The Morgan fingerprint density at radius 1 is 1.58 bits per heavy atom. The van der Waals surface area contributed by atoms with Crippen LogP contribution in [0.4, 0.5) is 10.1 Å². The molecule has 2 N–H and O–H groups in total. The van der Waals surface area contributed by atoms with Crippen molar-refractivity contribution in [3.8, 4) is 5.75 Å². The molecule has 2 rings (SSSR count). The van der Waals surface area contributed by atoms with Gasteiger partial charge in [0.05, 0.1) is 12.1 Å². The van der Waals surface area contributed by atoms with Gasteiger partial charge in [0, 0.05) is 23.4 Å². The minimum atomic E-state index is -0.472. The SMILES string of the molecule is CC(C)Oc1ccc(NC(=O)C2CSCN2)cc1F. The number of carbonyl (C=O) groups excluding carboxylic acids is 1. The highest BCUT2D eigenvalue weighted by Gasteiger charge is 2.22. The Labute approximate surface area is 116 Å². The van der Waals surface area contributed by atoms with Gasteiger partial charge < -0.3 is 10.1 Å². The van der Waals surface area contributed by atoms with Gasteiger partial charge in [0.25, 0.3) is 0 Å². The van der Waals surface area contributed by atoms with E-state index in [1.54, 1.807) is 17.8 Å². The summed E-state index contributed by atoms with van der Waals surface area (Å²) in [6, 6.07) is 4.24. The third kappa shape index (κ3) is 3.84. The summed E-state index contributed by atoms with van der Waals surface area (Å²) in [6.07, 6.45) is -0.0883. The average Bonchev–Trinajstić information content (AvgIpc) is 2.86. The summed E-state index contributed by atoms with van der Waals surface area (Å²) in [5.41, 5.74) is 0.442. The molecule has 0 aromatic heterocycles. The van der Waals surface area contributed by atoms with E-state index < -0.39 is 5.82 Å². The summed E-state index contributed by atoms with van der Waals surface area (Å²) in [7, 11) is 0. The third-order valence-corrected chi connectivity index (χ3v) is 3.53. The molecule has 1 fully saturated rings. The van der Waals surface area contributed by atoms with Crippen LogP contribution in [-0.2, 0) is 4.79 Å². The molecule has 1 aromatic rings. The largest absolute Gasteiger partial charge is 0.488 e. The van der Waals surface area contributed by atoms with Crippen LogP contribution < -0.4 is 15.4 Å². The van der Waals surface area contributed by atoms with Crippen molar-refractivity contribution < 1.29 is 13.9 Å². The van der Waals surface area contributed by atoms with Crippen LogP contribution >= 0.6 is 11.8 Å². The van der Waals surface area contributed by atoms with Crippen molar-refractivity contribution in [3.63, 3.8) is 0 Å². The lowest BCUT2D eigenvalue weighted by Gasteiger charge is -2.13. The van der Waals surface area contributed by atoms with E-state index in [1.807, 2.05) is 13.8 Å². The Morgan fingerprint density at radius 3 is 2.95 bits per heavy atom. The monoisotopic (exact) mass is 284 g/mol. The molecular formula is C13H17FN2O2S.